The van der Waals surface area contributed by atoms with E-state index in [0.29, 0.717) is 16.5 Å². The van der Waals surface area contributed by atoms with Crippen molar-refractivity contribution in [3.05, 3.63) is 76.8 Å². The Kier molecular flexibility index (Phi) is 6.39. The molecular weight excluding hydrogens is 372 g/mol. The van der Waals surface area contributed by atoms with E-state index in [1.54, 1.807) is 5.38 Å². The maximum atomic E-state index is 12.3. The highest BCUT2D eigenvalue weighted by atomic mass is 32.1. The molecule has 0 radical (unpaired) electrons. The van der Waals surface area contributed by atoms with E-state index < -0.39 is 0 Å². The largest absolute Gasteiger partial charge is 0.349 e. The van der Waals surface area contributed by atoms with Gasteiger partial charge in [-0.15, -0.1) is 11.3 Å². The number of rotatable bonds is 6. The molecular formula is C21H22N4O2S. The van der Waals surface area contributed by atoms with Crippen LogP contribution in [0.25, 0.3) is 0 Å². The monoisotopic (exact) mass is 394 g/mol. The lowest BCUT2D eigenvalue weighted by molar-refractivity contribution is -0.121. The summed E-state index contributed by atoms with van der Waals surface area (Å²) in [5.74, 6) is -0.114. The van der Waals surface area contributed by atoms with Gasteiger partial charge in [-0.2, -0.15) is 0 Å². The maximum Gasteiger partial charge on any atom is 0.325 e. The Morgan fingerprint density at radius 3 is 2.46 bits per heavy atom. The summed E-state index contributed by atoms with van der Waals surface area (Å²) in [5, 5.41) is 10.6. The highest BCUT2D eigenvalue weighted by molar-refractivity contribution is 7.14. The van der Waals surface area contributed by atoms with Crippen LogP contribution in [0, 0.1) is 6.92 Å². The summed E-state index contributed by atoms with van der Waals surface area (Å²) in [5.41, 5.74) is 3.49. The van der Waals surface area contributed by atoms with Gasteiger partial charge in [0.05, 0.1) is 18.2 Å². The van der Waals surface area contributed by atoms with Crippen LogP contribution in [0.4, 0.5) is 15.6 Å². The molecule has 1 atom stereocenters. The van der Waals surface area contributed by atoms with Crippen molar-refractivity contribution in [1.82, 2.24) is 10.3 Å². The molecule has 0 aliphatic heterocycles. The molecule has 1 heterocycles. The van der Waals surface area contributed by atoms with Crippen LogP contribution in [0.15, 0.2) is 60.0 Å². The maximum absolute atomic E-state index is 12.3. The molecule has 0 fully saturated rings. The van der Waals surface area contributed by atoms with Crippen LogP contribution in [-0.4, -0.2) is 16.9 Å². The molecule has 28 heavy (non-hydrogen) atoms. The molecule has 3 N–H and O–H groups in total. The van der Waals surface area contributed by atoms with E-state index in [0.717, 1.165) is 11.1 Å². The first-order valence-corrected chi connectivity index (χ1v) is 9.81. The average Bonchev–Trinajstić information content (AvgIpc) is 3.10. The van der Waals surface area contributed by atoms with E-state index >= 15 is 0 Å². The smallest absolute Gasteiger partial charge is 0.325 e. The van der Waals surface area contributed by atoms with Crippen molar-refractivity contribution in [2.75, 3.05) is 10.6 Å². The predicted octanol–water partition coefficient (Wildman–Crippen LogP) is 4.52. The van der Waals surface area contributed by atoms with Crippen molar-refractivity contribution >= 4 is 34.1 Å². The molecule has 3 rings (SSSR count). The Morgan fingerprint density at radius 1 is 1.04 bits per heavy atom. The van der Waals surface area contributed by atoms with Crippen molar-refractivity contribution in [2.24, 2.45) is 0 Å². The zero-order valence-corrected chi connectivity index (χ0v) is 16.5. The second kappa shape index (κ2) is 9.14. The Balaban J connectivity index is 1.50. The second-order valence-electron chi connectivity index (χ2n) is 6.47. The van der Waals surface area contributed by atoms with Crippen molar-refractivity contribution < 1.29 is 9.59 Å². The molecule has 144 valence electrons. The summed E-state index contributed by atoms with van der Waals surface area (Å²) < 4.78 is 0. The minimum atomic E-state index is -0.369. The number of nitrogens with one attached hydrogen (secondary N) is 3. The Bertz CT molecular complexity index is 939. The third kappa shape index (κ3) is 5.65. The molecule has 0 aliphatic rings. The number of hydrogen-bond donors (Lipinski definition) is 3. The van der Waals surface area contributed by atoms with Gasteiger partial charge in [-0.25, -0.2) is 9.78 Å². The van der Waals surface area contributed by atoms with Crippen LogP contribution in [0.1, 0.15) is 29.8 Å². The van der Waals surface area contributed by atoms with Gasteiger partial charge >= 0.3 is 6.03 Å². The van der Waals surface area contributed by atoms with Crippen LogP contribution < -0.4 is 16.0 Å². The quantitative estimate of drug-likeness (QED) is 0.575. The third-order valence-corrected chi connectivity index (χ3v) is 4.91. The average molecular weight is 395 g/mol. The lowest BCUT2D eigenvalue weighted by Crippen LogP contribution is -2.28. The fraction of sp³-hybridized carbons (Fsp3) is 0.190. The molecule has 0 spiro atoms. The van der Waals surface area contributed by atoms with Gasteiger partial charge in [0, 0.05) is 11.1 Å². The van der Waals surface area contributed by atoms with Crippen molar-refractivity contribution in [2.45, 2.75) is 26.3 Å². The summed E-state index contributed by atoms with van der Waals surface area (Å²) in [6.07, 6.45) is 0.162. The Labute approximate surface area is 168 Å². The number of aryl methyl sites for hydroxylation is 1. The molecule has 0 saturated carbocycles. The highest BCUT2D eigenvalue weighted by Gasteiger charge is 2.13. The van der Waals surface area contributed by atoms with E-state index in [4.69, 9.17) is 0 Å². The van der Waals surface area contributed by atoms with E-state index in [-0.39, 0.29) is 24.4 Å². The first kappa shape index (κ1) is 19.6. The fourth-order valence-corrected chi connectivity index (χ4v) is 3.33. The van der Waals surface area contributed by atoms with E-state index in [2.05, 4.69) is 20.9 Å². The number of nitrogens with zero attached hydrogens (tertiary/aromatic N) is 1. The van der Waals surface area contributed by atoms with Gasteiger partial charge in [0.25, 0.3) is 0 Å². The van der Waals surface area contributed by atoms with Crippen LogP contribution in [-0.2, 0) is 11.2 Å². The lowest BCUT2D eigenvalue weighted by atomic mass is 10.1. The van der Waals surface area contributed by atoms with Gasteiger partial charge in [0.1, 0.15) is 0 Å². The SMILES string of the molecule is Cc1ccc(NC(=O)Nc2nc(CC(=O)N[C@H](C)c3ccccc3)cs2)cc1. The third-order valence-electron chi connectivity index (χ3n) is 4.10. The lowest BCUT2D eigenvalue weighted by Gasteiger charge is -2.13. The Hall–Kier alpha value is -3.19. The molecule has 3 aromatic rings. The van der Waals surface area contributed by atoms with Crippen LogP contribution >= 0.6 is 11.3 Å². The van der Waals surface area contributed by atoms with Crippen LogP contribution in [0.3, 0.4) is 0 Å². The zero-order chi connectivity index (χ0) is 19.9. The first-order chi connectivity index (χ1) is 13.5. The minimum absolute atomic E-state index is 0.0785. The zero-order valence-electron chi connectivity index (χ0n) is 15.7. The summed E-state index contributed by atoms with van der Waals surface area (Å²) in [6.45, 7) is 3.92. The standard InChI is InChI=1S/C21H22N4O2S/c1-14-8-10-17(11-9-14)23-20(27)25-21-24-18(13-28-21)12-19(26)22-15(2)16-6-4-3-5-7-16/h3-11,13,15H,12H2,1-2H3,(H,22,26)(H2,23,24,25,27)/t15-/m1/s1. The van der Waals surface area contributed by atoms with E-state index in [1.807, 2.05) is 68.4 Å². The number of benzene rings is 2. The summed E-state index contributed by atoms with van der Waals surface area (Å²) >= 11 is 1.29. The number of carbonyl (C=O) groups is 2. The number of urea groups is 1. The number of carbonyl (C=O) groups excluding carboxylic acids is 2. The summed E-state index contributed by atoms with van der Waals surface area (Å²) in [6, 6.07) is 16.8. The number of hydrogen-bond acceptors (Lipinski definition) is 4. The molecule has 1 aromatic heterocycles. The van der Waals surface area contributed by atoms with Crippen molar-refractivity contribution in [3.63, 3.8) is 0 Å². The van der Waals surface area contributed by atoms with Crippen molar-refractivity contribution in [1.29, 1.82) is 0 Å². The topological polar surface area (TPSA) is 83.1 Å². The van der Waals surface area contributed by atoms with E-state index in [1.165, 1.54) is 11.3 Å². The van der Waals surface area contributed by atoms with Gasteiger partial charge in [-0.05, 0) is 31.5 Å². The normalized spacial score (nSPS) is 11.5. The first-order valence-electron chi connectivity index (χ1n) is 8.93. The van der Waals surface area contributed by atoms with Crippen molar-refractivity contribution in [3.8, 4) is 0 Å². The molecule has 7 heteroatoms. The van der Waals surface area contributed by atoms with Crippen LogP contribution in [0.5, 0.6) is 0 Å². The van der Waals surface area contributed by atoms with Gasteiger partial charge in [0.15, 0.2) is 5.13 Å². The fourth-order valence-electron chi connectivity index (χ4n) is 2.62. The molecule has 2 aromatic carbocycles. The predicted molar refractivity (Wildman–Crippen MR) is 113 cm³/mol. The summed E-state index contributed by atoms with van der Waals surface area (Å²) in [4.78, 5) is 28.6. The highest BCUT2D eigenvalue weighted by Crippen LogP contribution is 2.17. The van der Waals surface area contributed by atoms with Gasteiger partial charge in [-0.1, -0.05) is 48.0 Å². The van der Waals surface area contributed by atoms with E-state index in [9.17, 15) is 9.59 Å². The van der Waals surface area contributed by atoms with Gasteiger partial charge in [0.2, 0.25) is 5.91 Å². The van der Waals surface area contributed by atoms with Crippen LogP contribution in [0.2, 0.25) is 0 Å². The number of thiazole rings is 1. The number of amides is 3. The molecule has 0 bridgehead atoms. The molecule has 6 nitrogen and oxygen atoms in total. The molecule has 3 amide bonds. The number of anilines is 2. The summed E-state index contributed by atoms with van der Waals surface area (Å²) in [7, 11) is 0. The minimum Gasteiger partial charge on any atom is -0.349 e. The van der Waals surface area contributed by atoms with Gasteiger partial charge < -0.3 is 10.6 Å². The Morgan fingerprint density at radius 2 is 1.75 bits per heavy atom. The van der Waals surface area contributed by atoms with Gasteiger partial charge in [-0.3, -0.25) is 10.1 Å². The molecule has 0 unspecified atom stereocenters. The molecule has 0 aliphatic carbocycles. The second-order valence-corrected chi connectivity index (χ2v) is 7.32. The molecule has 0 saturated heterocycles. The number of aromatic nitrogens is 1.